The molecule has 0 saturated carbocycles. The number of alkyl halides is 6. The van der Waals surface area contributed by atoms with Crippen molar-refractivity contribution in [3.05, 3.63) is 0 Å². The fourth-order valence-electron chi connectivity index (χ4n) is 1.32. The zero-order valence-corrected chi connectivity index (χ0v) is 9.22. The molecular formula is C8H9F6NO3. The monoisotopic (exact) mass is 281 g/mol. The molecule has 0 radical (unpaired) electrons. The van der Waals surface area contributed by atoms with Crippen molar-refractivity contribution in [3.63, 3.8) is 0 Å². The first kappa shape index (κ1) is 15.0. The second-order valence-corrected chi connectivity index (χ2v) is 3.66. The number of ether oxygens (including phenoxy) is 1. The molecule has 2 unspecified atom stereocenters. The first-order chi connectivity index (χ1) is 7.97. The highest BCUT2D eigenvalue weighted by atomic mass is 19.4. The molecule has 1 aliphatic rings. The van der Waals surface area contributed by atoms with Gasteiger partial charge in [0.2, 0.25) is 0 Å². The fourth-order valence-corrected chi connectivity index (χ4v) is 1.32. The SMILES string of the molecule is COC(=O)C(C)ON1CC1(C(F)(F)F)C(F)(F)F. The summed E-state index contributed by atoms with van der Waals surface area (Å²) in [6.07, 6.45) is -12.6. The maximum atomic E-state index is 12.4. The highest BCUT2D eigenvalue weighted by Gasteiger charge is 2.85. The summed E-state index contributed by atoms with van der Waals surface area (Å²) in [6, 6.07) is 0. The van der Waals surface area contributed by atoms with Gasteiger partial charge in [-0.25, -0.2) is 4.79 Å². The minimum Gasteiger partial charge on any atom is -0.467 e. The molecule has 0 amide bonds. The van der Waals surface area contributed by atoms with Crippen molar-refractivity contribution >= 4 is 5.97 Å². The van der Waals surface area contributed by atoms with Crippen LogP contribution in [0.2, 0.25) is 0 Å². The van der Waals surface area contributed by atoms with Crippen LogP contribution in [0, 0.1) is 0 Å². The van der Waals surface area contributed by atoms with E-state index >= 15 is 0 Å². The van der Waals surface area contributed by atoms with Crippen molar-refractivity contribution in [2.75, 3.05) is 13.7 Å². The van der Waals surface area contributed by atoms with Crippen LogP contribution in [0.3, 0.4) is 0 Å². The second kappa shape index (κ2) is 4.26. The van der Waals surface area contributed by atoms with Crippen LogP contribution in [-0.2, 0) is 14.4 Å². The highest BCUT2D eigenvalue weighted by Crippen LogP contribution is 2.56. The van der Waals surface area contributed by atoms with Crippen molar-refractivity contribution in [1.29, 1.82) is 0 Å². The molecule has 0 N–H and O–H groups in total. The molecule has 0 aromatic rings. The minimum absolute atomic E-state index is 0.311. The number of nitrogens with zero attached hydrogens (tertiary/aromatic N) is 1. The fraction of sp³-hybridized carbons (Fsp3) is 0.875. The van der Waals surface area contributed by atoms with Crippen molar-refractivity contribution in [2.45, 2.75) is 30.9 Å². The molecule has 0 aromatic heterocycles. The van der Waals surface area contributed by atoms with E-state index in [9.17, 15) is 31.1 Å². The average Bonchev–Trinajstić information content (AvgIpc) is 2.90. The Morgan fingerprint density at radius 3 is 1.94 bits per heavy atom. The second-order valence-electron chi connectivity index (χ2n) is 3.66. The van der Waals surface area contributed by atoms with Gasteiger partial charge in [0.15, 0.2) is 6.10 Å². The molecule has 18 heavy (non-hydrogen) atoms. The number of halogens is 6. The summed E-state index contributed by atoms with van der Waals surface area (Å²) in [5.41, 5.74) is -4.04. The quantitative estimate of drug-likeness (QED) is 0.448. The van der Waals surface area contributed by atoms with Gasteiger partial charge in [0.25, 0.3) is 5.54 Å². The number of hydrogen-bond acceptors (Lipinski definition) is 4. The minimum atomic E-state index is -5.54. The zero-order valence-electron chi connectivity index (χ0n) is 9.22. The predicted octanol–water partition coefficient (Wildman–Crippen LogP) is 1.66. The Kier molecular flexibility index (Phi) is 3.56. The molecular weight excluding hydrogens is 272 g/mol. The molecule has 0 bridgehead atoms. The molecule has 1 heterocycles. The van der Waals surface area contributed by atoms with Crippen LogP contribution in [-0.4, -0.2) is 48.7 Å². The first-order valence-corrected chi connectivity index (χ1v) is 4.63. The maximum Gasteiger partial charge on any atom is 0.419 e. The van der Waals surface area contributed by atoms with Crippen molar-refractivity contribution in [2.24, 2.45) is 0 Å². The Labute approximate surface area is 97.4 Å². The summed E-state index contributed by atoms with van der Waals surface area (Å²) >= 11 is 0. The molecule has 1 rings (SSSR count). The first-order valence-electron chi connectivity index (χ1n) is 4.63. The van der Waals surface area contributed by atoms with Crippen LogP contribution in [0.25, 0.3) is 0 Å². The molecule has 0 aromatic carbocycles. The summed E-state index contributed by atoms with van der Waals surface area (Å²) in [5.74, 6) is -1.07. The third-order valence-electron chi connectivity index (χ3n) is 2.45. The van der Waals surface area contributed by atoms with E-state index in [1.807, 2.05) is 0 Å². The number of hydroxylamine groups is 2. The number of hydrogen-bond donors (Lipinski definition) is 0. The standard InChI is InChI=1S/C8H9F6NO3/c1-4(5(16)17-2)18-15-3-6(15,7(9,10)11)8(12,13)14/h4H,3H2,1-2H3. The van der Waals surface area contributed by atoms with Gasteiger partial charge < -0.3 is 4.74 Å². The Bertz CT molecular complexity index is 325. The van der Waals surface area contributed by atoms with Gasteiger partial charge in [0, 0.05) is 0 Å². The van der Waals surface area contributed by atoms with Crippen molar-refractivity contribution in [1.82, 2.24) is 5.06 Å². The molecule has 2 atom stereocenters. The van der Waals surface area contributed by atoms with Crippen LogP contribution < -0.4 is 0 Å². The van der Waals surface area contributed by atoms with Crippen LogP contribution in [0.4, 0.5) is 26.3 Å². The van der Waals surface area contributed by atoms with Crippen LogP contribution in [0.1, 0.15) is 6.92 Å². The zero-order chi connectivity index (χ0) is 14.4. The molecule has 1 saturated heterocycles. The van der Waals surface area contributed by atoms with Gasteiger partial charge in [-0.1, -0.05) is 0 Å². The van der Waals surface area contributed by atoms with Gasteiger partial charge in [0.05, 0.1) is 13.7 Å². The summed E-state index contributed by atoms with van der Waals surface area (Å²) in [7, 11) is 0.936. The molecule has 0 spiro atoms. The Morgan fingerprint density at radius 2 is 1.67 bits per heavy atom. The van der Waals surface area contributed by atoms with E-state index in [-0.39, 0.29) is 5.06 Å². The normalized spacial score (nSPS) is 24.6. The van der Waals surface area contributed by atoms with E-state index in [0.717, 1.165) is 14.0 Å². The number of carbonyl (C=O) groups is 1. The van der Waals surface area contributed by atoms with Gasteiger partial charge in [-0.2, -0.15) is 31.4 Å². The molecule has 10 heteroatoms. The Morgan fingerprint density at radius 1 is 1.22 bits per heavy atom. The van der Waals surface area contributed by atoms with E-state index in [0.29, 0.717) is 0 Å². The highest BCUT2D eigenvalue weighted by molar-refractivity contribution is 5.73. The Hall–Kier alpha value is -1.03. The van der Waals surface area contributed by atoms with E-state index in [4.69, 9.17) is 0 Å². The number of carbonyl (C=O) groups excluding carboxylic acids is 1. The third kappa shape index (κ3) is 2.26. The van der Waals surface area contributed by atoms with Gasteiger partial charge in [-0.3, -0.25) is 4.84 Å². The lowest BCUT2D eigenvalue weighted by atomic mass is 10.1. The van der Waals surface area contributed by atoms with Gasteiger partial charge in [-0.05, 0) is 6.92 Å². The van der Waals surface area contributed by atoms with Crippen LogP contribution in [0.5, 0.6) is 0 Å². The number of rotatable bonds is 3. The molecule has 1 fully saturated rings. The summed E-state index contributed by atoms with van der Waals surface area (Å²) < 4.78 is 78.6. The van der Waals surface area contributed by atoms with Gasteiger partial charge >= 0.3 is 18.3 Å². The van der Waals surface area contributed by atoms with E-state index in [2.05, 4.69) is 9.57 Å². The Balaban J connectivity index is 2.82. The third-order valence-corrected chi connectivity index (χ3v) is 2.45. The van der Waals surface area contributed by atoms with Crippen molar-refractivity contribution in [3.8, 4) is 0 Å². The lowest BCUT2D eigenvalue weighted by Gasteiger charge is -2.24. The lowest BCUT2D eigenvalue weighted by Crippen LogP contribution is -2.50. The average molecular weight is 281 g/mol. The molecule has 4 nitrogen and oxygen atoms in total. The largest absolute Gasteiger partial charge is 0.467 e. The van der Waals surface area contributed by atoms with Crippen LogP contribution >= 0.6 is 0 Å². The van der Waals surface area contributed by atoms with E-state index < -0.39 is 36.5 Å². The molecule has 1 aliphatic heterocycles. The molecule has 106 valence electrons. The van der Waals surface area contributed by atoms with Crippen molar-refractivity contribution < 1.29 is 40.7 Å². The van der Waals surface area contributed by atoms with Gasteiger partial charge in [-0.15, -0.1) is 0 Å². The predicted molar refractivity (Wildman–Crippen MR) is 44.1 cm³/mol. The lowest BCUT2D eigenvalue weighted by molar-refractivity contribution is -0.311. The summed E-state index contributed by atoms with van der Waals surface area (Å²) in [4.78, 5) is 15.2. The topological polar surface area (TPSA) is 38.5 Å². The van der Waals surface area contributed by atoms with E-state index in [1.165, 1.54) is 0 Å². The van der Waals surface area contributed by atoms with Gasteiger partial charge in [0.1, 0.15) is 0 Å². The number of esters is 1. The smallest absolute Gasteiger partial charge is 0.419 e. The summed E-state index contributed by atoms with van der Waals surface area (Å²) in [5, 5.41) is -0.311. The molecule has 0 aliphatic carbocycles. The summed E-state index contributed by atoms with van der Waals surface area (Å²) in [6.45, 7) is -0.414. The maximum absolute atomic E-state index is 12.4. The number of methoxy groups -OCH3 is 1. The van der Waals surface area contributed by atoms with Crippen LogP contribution in [0.15, 0.2) is 0 Å². The van der Waals surface area contributed by atoms with E-state index in [1.54, 1.807) is 0 Å².